The molecule has 16 rings (SSSR count). The molecule has 13 aromatic carbocycles. The van der Waals surface area contributed by atoms with Gasteiger partial charge in [0.15, 0.2) is 16.1 Å². The number of aromatic nitrogens is 4. The average molecular weight is 1540 g/mol. The SMILES string of the molecule is [2H]c1c([2H])c([2H])c([Si](c2cccc(-c3c([2H])c([2H])c([2H])c([Si](c4c([2H])c([2H])c([2H])c([2H])c4[2H])(c4c([2H])c([2H])c([2H])c([2H])c4[2H])c4c([2H])c([2H])c([2H])c([2H])c4[2H])c3[2H])c2-[n+]2[c-]n(-c3[c-]c(Oc4[c-]c5c(cc4)c4ccccc4n5-c4cc(C(C)(C)C)ccn4)ccc3)c3cc(-c4ccc(C(C)(C)C)cc4)ccc32)(c2c([2H])c([2H])c([2H])c([2H])c2[2H])c2c([2H])c([2H])c([2H])c([2H])c2[2H])c([2H])c1[2H].[Pt]. The molecule has 5 nitrogen and oxygen atoms in total. The first-order chi connectivity index (χ1) is 62.4. The van der Waals surface area contributed by atoms with Crippen molar-refractivity contribution in [1.82, 2.24) is 14.1 Å². The van der Waals surface area contributed by atoms with Crippen LogP contribution in [0.2, 0.25) is 0 Å². The van der Waals surface area contributed by atoms with Crippen molar-refractivity contribution >= 4 is 90.5 Å². The van der Waals surface area contributed by atoms with Crippen LogP contribution in [-0.2, 0) is 31.9 Å². The second-order valence-corrected chi connectivity index (χ2v) is 32.4. The molecule has 0 bridgehead atoms. The Kier molecular flexibility index (Phi) is 9.88. The summed E-state index contributed by atoms with van der Waals surface area (Å²) >= 11 is 0. The number of ether oxygens (including phenoxy) is 1. The third-order valence-corrected chi connectivity index (χ3v) is 25.7. The maximum Gasteiger partial charge on any atom is 0.268 e. The van der Waals surface area contributed by atoms with Crippen LogP contribution in [0.4, 0.5) is 0 Å². The zero-order valence-electron chi connectivity index (χ0n) is 88.2. The van der Waals surface area contributed by atoms with Crippen molar-refractivity contribution in [1.29, 1.82) is 0 Å². The van der Waals surface area contributed by atoms with Crippen molar-refractivity contribution in [3.05, 3.63) is 369 Å². The summed E-state index contributed by atoms with van der Waals surface area (Å²) in [6, 6.07) is -0.384. The Balaban J connectivity index is 0.0000137. The van der Waals surface area contributed by atoms with E-state index in [9.17, 15) is 38.4 Å². The predicted molar refractivity (Wildman–Crippen MR) is 415 cm³/mol. The molecular formula is C92H74N4OPtSi2-2. The van der Waals surface area contributed by atoms with E-state index in [4.69, 9.17) is 17.9 Å². The molecule has 0 aliphatic heterocycles. The largest absolute Gasteiger partial charge is 0.510 e. The molecule has 100 heavy (non-hydrogen) atoms. The number of hydrogen-bond acceptors (Lipinski definition) is 2. The summed E-state index contributed by atoms with van der Waals surface area (Å²) in [5, 5.41) is -7.31. The van der Waals surface area contributed by atoms with E-state index in [2.05, 4.69) is 39.2 Å². The Hall–Kier alpha value is -10.8. The summed E-state index contributed by atoms with van der Waals surface area (Å²) in [6.45, 7) is 12.3. The second kappa shape index (κ2) is 26.8. The molecule has 16 aromatic rings. The summed E-state index contributed by atoms with van der Waals surface area (Å²) in [7, 11) is -13.4. The molecule has 0 radical (unpaired) electrons. The van der Waals surface area contributed by atoms with E-state index in [0.717, 1.165) is 50.2 Å². The number of para-hydroxylation sites is 2. The zero-order chi connectivity index (χ0) is 96.9. The Labute approximate surface area is 651 Å². The van der Waals surface area contributed by atoms with E-state index in [0.29, 0.717) is 22.5 Å². The minimum atomic E-state index is -6.79. The summed E-state index contributed by atoms with van der Waals surface area (Å²) < 4.78 is 345. The fourth-order valence-corrected chi connectivity index (χ4v) is 20.4. The van der Waals surface area contributed by atoms with Crippen molar-refractivity contribution in [2.24, 2.45) is 0 Å². The molecule has 0 saturated heterocycles. The van der Waals surface area contributed by atoms with E-state index >= 15 is 0 Å². The van der Waals surface area contributed by atoms with Gasteiger partial charge in [-0.3, -0.25) is 4.57 Å². The zero-order valence-corrected chi connectivity index (χ0v) is 58.5. The van der Waals surface area contributed by atoms with E-state index < -0.39 is 280 Å². The van der Waals surface area contributed by atoms with Gasteiger partial charge in [0.25, 0.3) is 6.33 Å². The summed E-state index contributed by atoms with van der Waals surface area (Å²) in [4.78, 5) is 4.84. The van der Waals surface area contributed by atoms with E-state index in [-0.39, 0.29) is 60.1 Å². The van der Waals surface area contributed by atoms with Crippen molar-refractivity contribution in [2.75, 3.05) is 0 Å². The van der Waals surface area contributed by atoms with Gasteiger partial charge in [-0.15, -0.1) is 29.7 Å². The Morgan fingerprint density at radius 1 is 0.430 bits per heavy atom. The number of imidazole rings is 1. The molecule has 3 heterocycles. The van der Waals surface area contributed by atoms with Crippen LogP contribution < -0.4 is 50.8 Å². The van der Waals surface area contributed by atoms with Crippen LogP contribution >= 0.6 is 0 Å². The third-order valence-electron chi connectivity index (χ3n) is 17.5. The number of benzene rings is 13. The smallest absolute Gasteiger partial charge is 0.268 e. The molecule has 8 heteroatoms. The third kappa shape index (κ3) is 11.6. The van der Waals surface area contributed by atoms with Gasteiger partial charge in [-0.05, 0) is 121 Å². The fraction of sp³-hybridized carbons (Fsp3) is 0.0870. The van der Waals surface area contributed by atoms with Gasteiger partial charge in [0.05, 0.1) is 63.3 Å². The number of hydrogen-bond donors (Lipinski definition) is 0. The van der Waals surface area contributed by atoms with Crippen LogP contribution in [-0.4, -0.2) is 30.3 Å². The van der Waals surface area contributed by atoms with Crippen LogP contribution in [0.1, 0.15) is 99.3 Å². The van der Waals surface area contributed by atoms with Crippen LogP contribution in [0, 0.1) is 18.5 Å². The average Bonchev–Trinajstić information content (AvgIpc) is 0.714. The van der Waals surface area contributed by atoms with Gasteiger partial charge in [-0.25, -0.2) is 4.98 Å². The first kappa shape index (κ1) is 36.9. The van der Waals surface area contributed by atoms with Crippen molar-refractivity contribution < 1.29 is 77.0 Å². The first-order valence-corrected chi connectivity index (χ1v) is 35.4. The van der Waals surface area contributed by atoms with Crippen LogP contribution in [0.5, 0.6) is 11.5 Å². The number of rotatable bonds is 15. The first-order valence-electron chi connectivity index (χ1n) is 48.4. The van der Waals surface area contributed by atoms with E-state index in [1.165, 1.54) is 10.6 Å². The van der Waals surface area contributed by atoms with Gasteiger partial charge in [0.1, 0.15) is 5.82 Å². The van der Waals surface area contributed by atoms with Gasteiger partial charge < -0.3 is 13.9 Å². The molecule has 0 aliphatic rings. The normalized spacial score (nSPS) is 16.8. The molecular weight excluding hydrogens is 1430 g/mol. The molecule has 0 spiro atoms. The molecule has 0 aliphatic carbocycles. The van der Waals surface area contributed by atoms with Gasteiger partial charge in [-0.2, -0.15) is 18.2 Å². The number of nitrogens with zero attached hydrogens (tertiary/aromatic N) is 4. The topological polar surface area (TPSA) is 35.9 Å². The Morgan fingerprint density at radius 2 is 0.960 bits per heavy atom. The standard InChI is InChI=1S/C92H74N4OSi2.Pt/c1-91(2,3)69-53-50-66(51-54-69)67-52-57-85-87(61-67)94(71-31-28-32-72(63-71)97-73-55-56-83-82-46-25-26-48-84(82)96(86(83)64-73)89-62-70(58-59-93-89)92(4,5)6)65-95(85)90-81(47-29-49-88(90)99(77-39-19-10-20-40-77,78-41-21-11-22-42-78)79-43-23-12-24-44-79)68-30-27-45-80(60-68)98(74-33-13-7-14-34-74,75-35-15-8-16-36-75)76-37-17-9-18-38-76;/h7-62H,1-6H3;/q-2;/i7D,8D,9D,10D,11D,12D,13D,14D,15D,16D,17D,18D,19D,20D,21D,22D,23D,24D,27D,30D,33D,34D,35D,36D,37D,38D,39D,40D,41D,42D,43D,44D,45D,60D;. The number of pyridine rings is 1. The Morgan fingerprint density at radius 3 is 1.54 bits per heavy atom. The molecule has 0 atom stereocenters. The molecule has 0 amide bonds. The molecule has 0 saturated carbocycles. The van der Waals surface area contributed by atoms with E-state index in [1.54, 1.807) is 42.6 Å². The number of fused-ring (bicyclic) bond motifs is 4. The molecule has 488 valence electrons. The van der Waals surface area contributed by atoms with Crippen molar-refractivity contribution in [3.8, 4) is 50.9 Å². The summed E-state index contributed by atoms with van der Waals surface area (Å²) in [5.74, 6) is 0.733. The van der Waals surface area contributed by atoms with E-state index in [1.807, 2.05) is 92.1 Å². The van der Waals surface area contributed by atoms with Crippen LogP contribution in [0.3, 0.4) is 0 Å². The minimum absolute atomic E-state index is 0. The quantitative estimate of drug-likeness (QED) is 0.0444. The van der Waals surface area contributed by atoms with Gasteiger partial charge in [0, 0.05) is 44.3 Å². The van der Waals surface area contributed by atoms with Gasteiger partial charge >= 0.3 is 0 Å². The van der Waals surface area contributed by atoms with Crippen molar-refractivity contribution in [3.63, 3.8) is 0 Å². The predicted octanol–water partition coefficient (Wildman–Crippen LogP) is 16.3. The summed E-state index contributed by atoms with van der Waals surface area (Å²) in [6.07, 6.45) is 5.10. The monoisotopic (exact) mass is 1540 g/mol. The van der Waals surface area contributed by atoms with Gasteiger partial charge in [0.2, 0.25) is 0 Å². The van der Waals surface area contributed by atoms with Gasteiger partial charge in [-0.1, -0.05) is 325 Å². The maximum absolute atomic E-state index is 11.4. The molecule has 0 N–H and O–H groups in total. The van der Waals surface area contributed by atoms with Crippen LogP contribution in [0.25, 0.3) is 72.3 Å². The minimum Gasteiger partial charge on any atom is -0.510 e. The van der Waals surface area contributed by atoms with Crippen LogP contribution in [0.15, 0.2) is 339 Å². The molecule has 0 fully saturated rings. The second-order valence-electron chi connectivity index (χ2n) is 25.3. The molecule has 3 aromatic heterocycles. The summed E-state index contributed by atoms with van der Waals surface area (Å²) in [5.41, 5.74) is 1.04. The fourth-order valence-electron chi connectivity index (χ4n) is 12.8. The Bertz CT molecular complexity index is 7270. The molecule has 0 unspecified atom stereocenters. The maximum atomic E-state index is 11.4. The van der Waals surface area contributed by atoms with Crippen molar-refractivity contribution in [2.45, 2.75) is 52.4 Å².